The van der Waals surface area contributed by atoms with Crippen LogP contribution in [-0.4, -0.2) is 43.2 Å². The maximum atomic E-state index is 14.6. The second kappa shape index (κ2) is 8.81. The van der Waals surface area contributed by atoms with E-state index in [-0.39, 0.29) is 35.2 Å². The van der Waals surface area contributed by atoms with Crippen LogP contribution >= 0.6 is 0 Å². The molecule has 11 heteroatoms. The Bertz CT molecular complexity index is 1040. The molecule has 2 aromatic rings. The molecule has 2 aromatic carbocycles. The van der Waals surface area contributed by atoms with Gasteiger partial charge in [0.15, 0.2) is 0 Å². The first kappa shape index (κ1) is 23.6. The van der Waals surface area contributed by atoms with Crippen molar-refractivity contribution < 1.29 is 37.0 Å². The van der Waals surface area contributed by atoms with Gasteiger partial charge in [-0.1, -0.05) is 25.7 Å². The molecule has 3 rings (SSSR count). The van der Waals surface area contributed by atoms with Gasteiger partial charge in [-0.2, -0.15) is 8.78 Å². The molecule has 0 saturated heterocycles. The average Bonchev–Trinajstić information content (AvgIpc) is 2.64. The highest BCUT2D eigenvalue weighted by atomic mass is 28.3. The number of hydrogen-bond donors (Lipinski definition) is 2. The summed E-state index contributed by atoms with van der Waals surface area (Å²) in [5, 5.41) is 11.9. The van der Waals surface area contributed by atoms with E-state index in [4.69, 9.17) is 0 Å². The van der Waals surface area contributed by atoms with E-state index < -0.39 is 44.4 Å². The van der Waals surface area contributed by atoms with Gasteiger partial charge in [0.2, 0.25) is 0 Å². The van der Waals surface area contributed by atoms with Crippen LogP contribution < -0.4 is 15.2 Å². The summed E-state index contributed by atoms with van der Waals surface area (Å²) in [6.07, 6.45) is -1.19. The Morgan fingerprint density at radius 1 is 1.16 bits per heavy atom. The first-order valence-corrected chi connectivity index (χ1v) is 13.3. The third-order valence-electron chi connectivity index (χ3n) is 5.12. The molecular weight excluding hydrogens is 448 g/mol. The SMILES string of the molecule is C[Si](C)(C)c1c(F)cc(NC(=O)[C@H]2c3ccc(OC(F)F)cc3CCN2C(=O)O)cc1F. The summed E-state index contributed by atoms with van der Waals surface area (Å²) in [6.45, 7) is 2.23. The lowest BCUT2D eigenvalue weighted by atomic mass is 9.92. The number of fused-ring (bicyclic) bond motifs is 1. The minimum Gasteiger partial charge on any atom is -0.465 e. The molecule has 32 heavy (non-hydrogen) atoms. The first-order chi connectivity index (χ1) is 14.9. The van der Waals surface area contributed by atoms with Crippen LogP contribution in [-0.2, 0) is 11.2 Å². The number of ether oxygens (including phenoxy) is 1. The van der Waals surface area contributed by atoms with Gasteiger partial charge in [0.05, 0.1) is 8.07 Å². The summed E-state index contributed by atoms with van der Waals surface area (Å²) in [4.78, 5) is 25.6. The Hall–Kier alpha value is -3.08. The van der Waals surface area contributed by atoms with Crippen LogP contribution in [0.25, 0.3) is 0 Å². The number of amides is 2. The summed E-state index contributed by atoms with van der Waals surface area (Å²) in [5.41, 5.74) is 0.590. The highest BCUT2D eigenvalue weighted by molar-refractivity contribution is 6.88. The highest BCUT2D eigenvalue weighted by Gasteiger charge is 2.36. The second-order valence-corrected chi connectivity index (χ2v) is 13.4. The number of alkyl halides is 2. The molecule has 2 N–H and O–H groups in total. The third kappa shape index (κ3) is 4.87. The maximum absolute atomic E-state index is 14.6. The van der Waals surface area contributed by atoms with Crippen LogP contribution in [0.4, 0.5) is 28.0 Å². The van der Waals surface area contributed by atoms with Crippen molar-refractivity contribution in [3.63, 3.8) is 0 Å². The molecule has 0 bridgehead atoms. The van der Waals surface area contributed by atoms with Crippen molar-refractivity contribution in [1.82, 2.24) is 4.90 Å². The number of carbonyl (C=O) groups is 2. The lowest BCUT2D eigenvalue weighted by Crippen LogP contribution is -2.45. The number of benzene rings is 2. The molecule has 1 atom stereocenters. The second-order valence-electron chi connectivity index (χ2n) is 8.42. The van der Waals surface area contributed by atoms with Gasteiger partial charge in [-0.3, -0.25) is 9.69 Å². The minimum absolute atomic E-state index is 0.00256. The Labute approximate surface area is 182 Å². The Morgan fingerprint density at radius 2 is 1.78 bits per heavy atom. The zero-order chi connectivity index (χ0) is 23.8. The number of carbonyl (C=O) groups excluding carboxylic acids is 1. The van der Waals surface area contributed by atoms with Gasteiger partial charge in [-0.25, -0.2) is 13.6 Å². The fourth-order valence-electron chi connectivity index (χ4n) is 3.84. The van der Waals surface area contributed by atoms with E-state index in [1.54, 1.807) is 19.6 Å². The third-order valence-corrected chi connectivity index (χ3v) is 7.10. The van der Waals surface area contributed by atoms with Crippen LogP contribution in [0.1, 0.15) is 17.2 Å². The number of hydrogen-bond acceptors (Lipinski definition) is 3. The summed E-state index contributed by atoms with van der Waals surface area (Å²) in [5.74, 6) is -2.51. The Morgan fingerprint density at radius 3 is 2.31 bits per heavy atom. The van der Waals surface area contributed by atoms with E-state index in [0.717, 1.165) is 17.0 Å². The molecule has 1 aliphatic rings. The number of halogens is 4. The lowest BCUT2D eigenvalue weighted by Gasteiger charge is -2.34. The molecule has 0 aromatic heterocycles. The van der Waals surface area contributed by atoms with Crippen molar-refractivity contribution in [2.75, 3.05) is 11.9 Å². The predicted molar refractivity (Wildman–Crippen MR) is 112 cm³/mol. The van der Waals surface area contributed by atoms with Crippen LogP contribution in [0.3, 0.4) is 0 Å². The van der Waals surface area contributed by atoms with E-state index in [1.807, 2.05) is 0 Å². The number of nitrogens with one attached hydrogen (secondary N) is 1. The summed E-state index contributed by atoms with van der Waals surface area (Å²) in [7, 11) is -2.32. The molecule has 2 amide bonds. The van der Waals surface area contributed by atoms with Crippen molar-refractivity contribution in [2.45, 2.75) is 38.7 Å². The number of rotatable bonds is 5. The van der Waals surface area contributed by atoms with Gasteiger partial charge in [0.1, 0.15) is 23.4 Å². The van der Waals surface area contributed by atoms with Crippen molar-refractivity contribution in [3.05, 3.63) is 53.1 Å². The molecule has 6 nitrogen and oxygen atoms in total. The van der Waals surface area contributed by atoms with Gasteiger partial charge >= 0.3 is 12.7 Å². The largest absolute Gasteiger partial charge is 0.465 e. The van der Waals surface area contributed by atoms with Crippen LogP contribution in [0, 0.1) is 11.6 Å². The highest BCUT2D eigenvalue weighted by Crippen LogP contribution is 2.34. The van der Waals surface area contributed by atoms with Crippen molar-refractivity contribution in [3.8, 4) is 5.75 Å². The quantitative estimate of drug-likeness (QED) is 0.504. The molecule has 0 spiro atoms. The standard InChI is InChI=1S/C21H22F4N2O4Si/c1-32(2,3)18-15(22)9-12(10-16(18)23)26-19(28)17-14-5-4-13(31-20(24)25)8-11(14)6-7-27(17)21(29)30/h4-5,8-10,17,20H,6-7H2,1-3H3,(H,26,28)(H,29,30)/t17-/m1/s1. The Kier molecular flexibility index (Phi) is 6.49. The van der Waals surface area contributed by atoms with E-state index >= 15 is 0 Å². The maximum Gasteiger partial charge on any atom is 0.408 e. The fraction of sp³-hybridized carbons (Fsp3) is 0.333. The molecule has 0 aliphatic carbocycles. The fourth-order valence-corrected chi connectivity index (χ4v) is 5.42. The van der Waals surface area contributed by atoms with Crippen LogP contribution in [0.15, 0.2) is 30.3 Å². The van der Waals surface area contributed by atoms with Crippen molar-refractivity contribution in [1.29, 1.82) is 0 Å². The van der Waals surface area contributed by atoms with Crippen molar-refractivity contribution in [2.24, 2.45) is 0 Å². The molecule has 0 saturated carbocycles. The number of nitrogens with zero attached hydrogens (tertiary/aromatic N) is 1. The summed E-state index contributed by atoms with van der Waals surface area (Å²) >= 11 is 0. The normalized spacial score (nSPS) is 16.0. The van der Waals surface area contributed by atoms with Gasteiger partial charge < -0.3 is 15.2 Å². The van der Waals surface area contributed by atoms with Gasteiger partial charge in [0, 0.05) is 17.4 Å². The molecule has 0 radical (unpaired) electrons. The van der Waals surface area contributed by atoms with E-state index in [9.17, 15) is 32.3 Å². The zero-order valence-corrected chi connectivity index (χ0v) is 18.6. The smallest absolute Gasteiger partial charge is 0.408 e. The van der Waals surface area contributed by atoms with E-state index in [2.05, 4.69) is 10.1 Å². The zero-order valence-electron chi connectivity index (χ0n) is 17.6. The molecule has 0 fully saturated rings. The average molecular weight is 470 g/mol. The Balaban J connectivity index is 1.95. The summed E-state index contributed by atoms with van der Waals surface area (Å²) in [6, 6.07) is 4.54. The molecule has 1 heterocycles. The summed E-state index contributed by atoms with van der Waals surface area (Å²) < 4.78 is 58.5. The lowest BCUT2D eigenvalue weighted by molar-refractivity contribution is -0.121. The van der Waals surface area contributed by atoms with Crippen LogP contribution in [0.2, 0.25) is 19.6 Å². The van der Waals surface area contributed by atoms with Crippen LogP contribution in [0.5, 0.6) is 5.75 Å². The van der Waals surface area contributed by atoms with Crippen molar-refractivity contribution >= 4 is 30.9 Å². The molecule has 172 valence electrons. The minimum atomic E-state index is -3.03. The monoisotopic (exact) mass is 470 g/mol. The van der Waals surface area contributed by atoms with E-state index in [0.29, 0.717) is 5.56 Å². The van der Waals surface area contributed by atoms with Gasteiger partial charge in [0.25, 0.3) is 5.91 Å². The molecular formula is C21H22F4N2O4Si. The first-order valence-electron chi connectivity index (χ1n) is 9.76. The predicted octanol–water partition coefficient (Wildman–Crippen LogP) is 4.33. The van der Waals surface area contributed by atoms with E-state index in [1.165, 1.54) is 18.2 Å². The molecule has 1 aliphatic heterocycles. The molecule has 0 unspecified atom stereocenters. The topological polar surface area (TPSA) is 78.9 Å². The number of anilines is 1. The number of carboxylic acid groups (broad SMARTS) is 1. The van der Waals surface area contributed by atoms with Gasteiger partial charge in [-0.15, -0.1) is 0 Å². The van der Waals surface area contributed by atoms with Gasteiger partial charge in [-0.05, 0) is 41.8 Å².